The molecule has 4 nitrogen and oxygen atoms in total. The van der Waals surface area contributed by atoms with Crippen molar-refractivity contribution in [3.05, 3.63) is 45.7 Å². The third-order valence-corrected chi connectivity index (χ3v) is 2.05. The number of halogens is 1. The van der Waals surface area contributed by atoms with E-state index < -0.39 is 0 Å². The predicted molar refractivity (Wildman–Crippen MR) is 53.1 cm³/mol. The van der Waals surface area contributed by atoms with Crippen LogP contribution in [0.15, 0.2) is 35.1 Å². The summed E-state index contributed by atoms with van der Waals surface area (Å²) in [6.45, 7) is 0. The third-order valence-electron chi connectivity index (χ3n) is 1.80. The van der Waals surface area contributed by atoms with E-state index in [1.807, 2.05) is 0 Å². The molecule has 0 aliphatic rings. The maximum atomic E-state index is 10.9. The van der Waals surface area contributed by atoms with E-state index in [4.69, 9.17) is 11.6 Å². The minimum Gasteiger partial charge on any atom is -0.493 e. The molecule has 2 rings (SSSR count). The van der Waals surface area contributed by atoms with E-state index in [1.54, 1.807) is 24.3 Å². The van der Waals surface area contributed by atoms with Crippen LogP contribution in [0.2, 0.25) is 5.02 Å². The number of nitrogens with one attached hydrogen (secondary N) is 1. The van der Waals surface area contributed by atoms with Crippen LogP contribution in [0.25, 0.3) is 5.69 Å². The molecule has 0 saturated heterocycles. The topological polar surface area (TPSA) is 58.0 Å². The molecule has 14 heavy (non-hydrogen) atoms. The molecular formula is C9H7ClN2O2. The molecule has 0 atom stereocenters. The van der Waals surface area contributed by atoms with Gasteiger partial charge < -0.3 is 5.11 Å². The molecule has 1 aromatic carbocycles. The molecule has 0 radical (unpaired) electrons. The molecule has 0 spiro atoms. The minimum absolute atomic E-state index is 0.127. The molecule has 72 valence electrons. The second-order valence-electron chi connectivity index (χ2n) is 2.79. The van der Waals surface area contributed by atoms with Gasteiger partial charge in [-0.15, -0.1) is 0 Å². The lowest BCUT2D eigenvalue weighted by Gasteiger charge is -2.02. The zero-order chi connectivity index (χ0) is 10.1. The van der Waals surface area contributed by atoms with Crippen molar-refractivity contribution in [2.45, 2.75) is 0 Å². The Morgan fingerprint density at radius 1 is 1.29 bits per heavy atom. The van der Waals surface area contributed by atoms with Gasteiger partial charge in [0.2, 0.25) is 5.88 Å². The van der Waals surface area contributed by atoms with Gasteiger partial charge in [0.05, 0.1) is 11.8 Å². The van der Waals surface area contributed by atoms with Gasteiger partial charge in [0.15, 0.2) is 0 Å². The Bertz CT molecular complexity index is 498. The first kappa shape index (κ1) is 8.90. The summed E-state index contributed by atoms with van der Waals surface area (Å²) in [6, 6.07) is 7.84. The van der Waals surface area contributed by atoms with Gasteiger partial charge >= 0.3 is 0 Å². The van der Waals surface area contributed by atoms with Crippen molar-refractivity contribution in [1.29, 1.82) is 0 Å². The first-order chi connectivity index (χ1) is 6.66. The van der Waals surface area contributed by atoms with Gasteiger partial charge in [-0.1, -0.05) is 11.6 Å². The fourth-order valence-electron chi connectivity index (χ4n) is 1.17. The first-order valence-corrected chi connectivity index (χ1v) is 4.31. The zero-order valence-corrected chi connectivity index (χ0v) is 7.82. The van der Waals surface area contributed by atoms with Crippen LogP contribution >= 0.6 is 11.6 Å². The van der Waals surface area contributed by atoms with Gasteiger partial charge in [-0.3, -0.25) is 9.89 Å². The van der Waals surface area contributed by atoms with Crippen LogP contribution in [0.5, 0.6) is 5.88 Å². The molecule has 0 saturated carbocycles. The second-order valence-corrected chi connectivity index (χ2v) is 3.23. The fraction of sp³-hybridized carbons (Fsp3) is 0. The van der Waals surface area contributed by atoms with Crippen molar-refractivity contribution in [1.82, 2.24) is 9.78 Å². The molecule has 1 aromatic heterocycles. The van der Waals surface area contributed by atoms with E-state index in [0.717, 1.165) is 6.07 Å². The average Bonchev–Trinajstić information content (AvgIpc) is 2.47. The summed E-state index contributed by atoms with van der Waals surface area (Å²) < 4.78 is 1.28. The normalized spacial score (nSPS) is 10.4. The smallest absolute Gasteiger partial charge is 0.268 e. The summed E-state index contributed by atoms with van der Waals surface area (Å²) in [5.74, 6) is -0.127. The monoisotopic (exact) mass is 210 g/mol. The summed E-state index contributed by atoms with van der Waals surface area (Å²) in [5, 5.41) is 12.4. The number of H-pyrrole nitrogens is 1. The van der Waals surface area contributed by atoms with Gasteiger partial charge in [-0.2, -0.15) is 0 Å². The predicted octanol–water partition coefficient (Wildman–Crippen LogP) is 1.52. The lowest BCUT2D eigenvalue weighted by molar-refractivity contribution is 0.433. The molecule has 2 aromatic rings. The maximum absolute atomic E-state index is 10.9. The molecule has 1 heterocycles. The van der Waals surface area contributed by atoms with Crippen LogP contribution in [-0.4, -0.2) is 14.9 Å². The van der Waals surface area contributed by atoms with Crippen molar-refractivity contribution in [3.63, 3.8) is 0 Å². The zero-order valence-electron chi connectivity index (χ0n) is 7.07. The number of aromatic amines is 1. The van der Waals surface area contributed by atoms with E-state index in [9.17, 15) is 9.90 Å². The highest BCUT2D eigenvalue weighted by Gasteiger charge is 2.03. The van der Waals surface area contributed by atoms with Gasteiger partial charge in [0.25, 0.3) is 5.56 Å². The highest BCUT2D eigenvalue weighted by Crippen LogP contribution is 2.16. The van der Waals surface area contributed by atoms with E-state index in [0.29, 0.717) is 10.7 Å². The van der Waals surface area contributed by atoms with Crippen LogP contribution < -0.4 is 5.56 Å². The summed E-state index contributed by atoms with van der Waals surface area (Å²) in [4.78, 5) is 10.9. The molecule has 0 bridgehead atoms. The molecule has 0 fully saturated rings. The highest BCUT2D eigenvalue weighted by atomic mass is 35.5. The molecule has 0 aliphatic carbocycles. The number of nitrogens with zero attached hydrogens (tertiary/aromatic N) is 1. The van der Waals surface area contributed by atoms with Crippen LogP contribution in [0, 0.1) is 0 Å². The van der Waals surface area contributed by atoms with Crippen molar-refractivity contribution >= 4 is 11.6 Å². The van der Waals surface area contributed by atoms with E-state index in [-0.39, 0.29) is 11.4 Å². The molecule has 5 heteroatoms. The van der Waals surface area contributed by atoms with Gasteiger partial charge in [-0.25, -0.2) is 4.68 Å². The van der Waals surface area contributed by atoms with Crippen LogP contribution in [-0.2, 0) is 0 Å². The van der Waals surface area contributed by atoms with Crippen LogP contribution in [0.3, 0.4) is 0 Å². The van der Waals surface area contributed by atoms with Gasteiger partial charge in [0.1, 0.15) is 0 Å². The first-order valence-electron chi connectivity index (χ1n) is 3.94. The highest BCUT2D eigenvalue weighted by molar-refractivity contribution is 6.30. The Morgan fingerprint density at radius 3 is 2.43 bits per heavy atom. The number of aromatic nitrogens is 2. The Hall–Kier alpha value is -1.68. The van der Waals surface area contributed by atoms with Crippen molar-refractivity contribution in [2.24, 2.45) is 0 Å². The Balaban J connectivity index is 2.54. The average molecular weight is 211 g/mol. The maximum Gasteiger partial charge on any atom is 0.268 e. The number of hydrogen-bond acceptors (Lipinski definition) is 2. The Labute approximate surface area is 84.4 Å². The molecule has 0 amide bonds. The summed E-state index contributed by atoms with van der Waals surface area (Å²) in [7, 11) is 0. The van der Waals surface area contributed by atoms with Crippen molar-refractivity contribution in [3.8, 4) is 11.6 Å². The summed E-state index contributed by atoms with van der Waals surface area (Å²) in [6.07, 6.45) is 0. The van der Waals surface area contributed by atoms with E-state index >= 15 is 0 Å². The molecule has 0 unspecified atom stereocenters. The van der Waals surface area contributed by atoms with Gasteiger partial charge in [0, 0.05) is 5.02 Å². The van der Waals surface area contributed by atoms with E-state index in [1.165, 1.54) is 4.68 Å². The Kier molecular flexibility index (Phi) is 2.05. The van der Waals surface area contributed by atoms with E-state index in [2.05, 4.69) is 5.10 Å². The minimum atomic E-state index is -0.350. The molecule has 2 N–H and O–H groups in total. The fourth-order valence-corrected chi connectivity index (χ4v) is 1.29. The quantitative estimate of drug-likeness (QED) is 0.750. The summed E-state index contributed by atoms with van der Waals surface area (Å²) in [5.41, 5.74) is 0.298. The SMILES string of the molecule is O=c1cc(O)n(-c2ccc(Cl)cc2)[nH]1. The summed E-state index contributed by atoms with van der Waals surface area (Å²) >= 11 is 5.70. The van der Waals surface area contributed by atoms with Crippen molar-refractivity contribution < 1.29 is 5.11 Å². The Morgan fingerprint density at radius 2 is 1.93 bits per heavy atom. The lowest BCUT2D eigenvalue weighted by Crippen LogP contribution is -2.02. The number of benzene rings is 1. The number of aromatic hydroxyl groups is 1. The lowest BCUT2D eigenvalue weighted by atomic mass is 10.3. The standard InChI is InChI=1S/C9H7ClN2O2/c10-6-1-3-7(4-2-6)12-9(14)5-8(13)11-12/h1-5,14H,(H,11,13). The van der Waals surface area contributed by atoms with Crippen molar-refractivity contribution in [2.75, 3.05) is 0 Å². The van der Waals surface area contributed by atoms with Crippen LogP contribution in [0.1, 0.15) is 0 Å². The largest absolute Gasteiger partial charge is 0.493 e. The molecule has 0 aliphatic heterocycles. The van der Waals surface area contributed by atoms with Gasteiger partial charge in [-0.05, 0) is 24.3 Å². The molecular weight excluding hydrogens is 204 g/mol. The number of rotatable bonds is 1. The van der Waals surface area contributed by atoms with Crippen LogP contribution in [0.4, 0.5) is 0 Å². The second kappa shape index (κ2) is 3.23. The number of hydrogen-bond donors (Lipinski definition) is 2. The third kappa shape index (κ3) is 1.52.